The zero-order valence-electron chi connectivity index (χ0n) is 18.7. The van der Waals surface area contributed by atoms with Crippen molar-refractivity contribution in [1.82, 2.24) is 19.4 Å². The van der Waals surface area contributed by atoms with Gasteiger partial charge in [0.15, 0.2) is 5.65 Å². The number of hydrogen-bond acceptors (Lipinski definition) is 6. The van der Waals surface area contributed by atoms with Gasteiger partial charge in [0.05, 0.1) is 17.2 Å². The molecule has 0 aliphatic carbocycles. The third-order valence-electron chi connectivity index (χ3n) is 5.75. The number of benzene rings is 1. The number of ether oxygens (including phenoxy) is 1. The second kappa shape index (κ2) is 9.79. The monoisotopic (exact) mass is 446 g/mol. The number of nitriles is 1. The fourth-order valence-corrected chi connectivity index (χ4v) is 4.01. The van der Waals surface area contributed by atoms with Gasteiger partial charge in [-0.2, -0.15) is 5.26 Å². The number of likely N-dealkylation sites (tertiary alicyclic amines) is 1. The Bertz CT molecular complexity index is 1230. The van der Waals surface area contributed by atoms with Gasteiger partial charge in [0, 0.05) is 45.1 Å². The Balaban J connectivity index is 1.65. The van der Waals surface area contributed by atoms with E-state index >= 15 is 0 Å². The Morgan fingerprint density at radius 1 is 1.30 bits per heavy atom. The lowest BCUT2D eigenvalue weighted by atomic mass is 10.1. The minimum absolute atomic E-state index is 0.0541. The fraction of sp³-hybridized carbons (Fsp3) is 0.375. The lowest BCUT2D eigenvalue weighted by molar-refractivity contribution is 0.0787. The van der Waals surface area contributed by atoms with Gasteiger partial charge in [-0.15, -0.1) is 0 Å². The van der Waals surface area contributed by atoms with Crippen LogP contribution in [0.3, 0.4) is 0 Å². The maximum atomic E-state index is 12.9. The highest BCUT2D eigenvalue weighted by Gasteiger charge is 2.25. The number of carbonyl (C=O) groups excluding carboxylic acids is 2. The molecule has 9 heteroatoms. The van der Waals surface area contributed by atoms with Crippen molar-refractivity contribution in [3.63, 3.8) is 0 Å². The van der Waals surface area contributed by atoms with Crippen molar-refractivity contribution >= 4 is 28.9 Å². The molecule has 3 heterocycles. The van der Waals surface area contributed by atoms with Gasteiger partial charge < -0.3 is 9.64 Å². The van der Waals surface area contributed by atoms with Crippen LogP contribution in [0.1, 0.15) is 46.0 Å². The third kappa shape index (κ3) is 4.86. The van der Waals surface area contributed by atoms with Crippen LogP contribution in [0, 0.1) is 17.2 Å². The second-order valence-electron chi connectivity index (χ2n) is 8.29. The van der Waals surface area contributed by atoms with E-state index in [1.807, 2.05) is 15.5 Å². The summed E-state index contributed by atoms with van der Waals surface area (Å²) < 4.78 is 6.97. The summed E-state index contributed by atoms with van der Waals surface area (Å²) in [7, 11) is 1.63. The Labute approximate surface area is 192 Å². The van der Waals surface area contributed by atoms with Crippen LogP contribution in [-0.2, 0) is 11.3 Å². The Kier molecular flexibility index (Phi) is 6.66. The molecule has 1 aromatic carbocycles. The maximum Gasteiger partial charge on any atom is 0.258 e. The standard InChI is InChI=1S/C24H26N6O3/c1-16-7-9-29(15-16)23(32)19-12-20-21(26-14-19)30(8-4-10-33-2)24(27-20)28-22(31)18-6-3-5-17(11-18)13-25/h3,5-6,11-12,14,16H,4,7-10,15H2,1-2H3,(H,27,28,31)/t16-/m1/s1. The molecule has 2 aromatic heterocycles. The number of aryl methyl sites for hydroxylation is 1. The smallest absolute Gasteiger partial charge is 0.258 e. The molecule has 0 radical (unpaired) electrons. The molecule has 1 aliphatic rings. The number of pyridine rings is 1. The van der Waals surface area contributed by atoms with Gasteiger partial charge in [0.25, 0.3) is 11.8 Å². The van der Waals surface area contributed by atoms with Crippen molar-refractivity contribution in [3.05, 3.63) is 53.2 Å². The van der Waals surface area contributed by atoms with Crippen molar-refractivity contribution in [2.75, 3.05) is 32.1 Å². The highest BCUT2D eigenvalue weighted by atomic mass is 16.5. The first-order valence-electron chi connectivity index (χ1n) is 11.0. The van der Waals surface area contributed by atoms with E-state index in [1.54, 1.807) is 37.6 Å². The minimum atomic E-state index is -0.377. The van der Waals surface area contributed by atoms with Crippen LogP contribution in [0.15, 0.2) is 36.5 Å². The lowest BCUT2D eigenvalue weighted by Gasteiger charge is -2.15. The summed E-state index contributed by atoms with van der Waals surface area (Å²) in [6, 6.07) is 10.2. The molecule has 9 nitrogen and oxygen atoms in total. The van der Waals surface area contributed by atoms with Crippen LogP contribution < -0.4 is 5.32 Å². The molecule has 170 valence electrons. The average Bonchev–Trinajstić information content (AvgIpc) is 3.41. The van der Waals surface area contributed by atoms with Crippen molar-refractivity contribution in [2.24, 2.45) is 5.92 Å². The minimum Gasteiger partial charge on any atom is -0.385 e. The Morgan fingerprint density at radius 3 is 2.88 bits per heavy atom. The van der Waals surface area contributed by atoms with E-state index in [-0.39, 0.29) is 11.8 Å². The van der Waals surface area contributed by atoms with Crippen LogP contribution in [0.4, 0.5) is 5.95 Å². The number of nitrogens with one attached hydrogen (secondary N) is 1. The van der Waals surface area contributed by atoms with E-state index < -0.39 is 0 Å². The third-order valence-corrected chi connectivity index (χ3v) is 5.75. The Morgan fingerprint density at radius 2 is 2.15 bits per heavy atom. The molecule has 1 atom stereocenters. The molecular formula is C24H26N6O3. The van der Waals surface area contributed by atoms with Gasteiger partial charge in [-0.3, -0.25) is 19.5 Å². The first-order valence-corrected chi connectivity index (χ1v) is 11.0. The molecule has 1 aliphatic heterocycles. The summed E-state index contributed by atoms with van der Waals surface area (Å²) in [5, 5.41) is 11.9. The molecule has 0 bridgehead atoms. The van der Waals surface area contributed by atoms with Crippen molar-refractivity contribution in [2.45, 2.75) is 26.3 Å². The zero-order chi connectivity index (χ0) is 23.4. The summed E-state index contributed by atoms with van der Waals surface area (Å²) in [5.41, 5.74) is 2.36. The fourth-order valence-electron chi connectivity index (χ4n) is 4.01. The second-order valence-corrected chi connectivity index (χ2v) is 8.29. The molecule has 2 amide bonds. The molecule has 3 aromatic rings. The molecule has 0 saturated carbocycles. The van der Waals surface area contributed by atoms with Gasteiger partial charge in [0.2, 0.25) is 5.95 Å². The number of aromatic nitrogens is 3. The largest absolute Gasteiger partial charge is 0.385 e. The average molecular weight is 447 g/mol. The molecular weight excluding hydrogens is 420 g/mol. The van der Waals surface area contributed by atoms with E-state index in [2.05, 4.69) is 22.2 Å². The van der Waals surface area contributed by atoms with Gasteiger partial charge in [-0.05, 0) is 43.0 Å². The summed E-state index contributed by atoms with van der Waals surface area (Å²) in [5.74, 6) is 0.395. The normalized spacial score (nSPS) is 15.5. The topological polar surface area (TPSA) is 113 Å². The number of amides is 2. The highest BCUT2D eigenvalue weighted by Crippen LogP contribution is 2.23. The van der Waals surface area contributed by atoms with Crippen LogP contribution in [0.5, 0.6) is 0 Å². The van der Waals surface area contributed by atoms with E-state index in [0.29, 0.717) is 59.3 Å². The van der Waals surface area contributed by atoms with Gasteiger partial charge in [0.1, 0.15) is 5.52 Å². The van der Waals surface area contributed by atoms with E-state index in [9.17, 15) is 9.59 Å². The molecule has 4 rings (SSSR count). The summed E-state index contributed by atoms with van der Waals surface area (Å²) in [6.07, 6.45) is 3.27. The van der Waals surface area contributed by atoms with E-state index in [4.69, 9.17) is 10.00 Å². The quantitative estimate of drug-likeness (QED) is 0.558. The van der Waals surface area contributed by atoms with Crippen LogP contribution in [-0.4, -0.2) is 58.1 Å². The maximum absolute atomic E-state index is 12.9. The number of carbonyl (C=O) groups is 2. The van der Waals surface area contributed by atoms with E-state index in [0.717, 1.165) is 19.5 Å². The van der Waals surface area contributed by atoms with Crippen LogP contribution in [0.2, 0.25) is 0 Å². The summed E-state index contributed by atoms with van der Waals surface area (Å²) >= 11 is 0. The van der Waals surface area contributed by atoms with Gasteiger partial charge in [-0.1, -0.05) is 13.0 Å². The summed E-state index contributed by atoms with van der Waals surface area (Å²) in [4.78, 5) is 36.7. The summed E-state index contributed by atoms with van der Waals surface area (Å²) in [6.45, 7) is 4.69. The lowest BCUT2D eigenvalue weighted by Crippen LogP contribution is -2.28. The number of nitrogens with zero attached hydrogens (tertiary/aromatic N) is 5. The van der Waals surface area contributed by atoms with Gasteiger partial charge >= 0.3 is 0 Å². The van der Waals surface area contributed by atoms with Crippen molar-refractivity contribution in [3.8, 4) is 6.07 Å². The first kappa shape index (κ1) is 22.4. The number of fused-ring (bicyclic) bond motifs is 1. The molecule has 0 unspecified atom stereocenters. The predicted octanol–water partition coefficient (Wildman–Crippen LogP) is 3.07. The SMILES string of the molecule is COCCCn1c(NC(=O)c2cccc(C#N)c2)nc2cc(C(=O)N3CC[C@@H](C)C3)cnc21. The van der Waals surface area contributed by atoms with Crippen LogP contribution >= 0.6 is 0 Å². The molecule has 33 heavy (non-hydrogen) atoms. The highest BCUT2D eigenvalue weighted by molar-refractivity contribution is 6.04. The molecule has 1 fully saturated rings. The number of methoxy groups -OCH3 is 1. The molecule has 1 saturated heterocycles. The number of rotatable bonds is 7. The molecule has 0 spiro atoms. The number of anilines is 1. The van der Waals surface area contributed by atoms with Crippen molar-refractivity contribution < 1.29 is 14.3 Å². The van der Waals surface area contributed by atoms with E-state index in [1.165, 1.54) is 6.07 Å². The zero-order valence-corrected chi connectivity index (χ0v) is 18.7. The number of imidazole rings is 1. The van der Waals surface area contributed by atoms with Crippen molar-refractivity contribution in [1.29, 1.82) is 5.26 Å². The molecule has 1 N–H and O–H groups in total. The predicted molar refractivity (Wildman–Crippen MR) is 123 cm³/mol. The van der Waals surface area contributed by atoms with Crippen LogP contribution in [0.25, 0.3) is 11.2 Å². The van der Waals surface area contributed by atoms with Gasteiger partial charge in [-0.25, -0.2) is 9.97 Å². The Hall–Kier alpha value is -3.77. The first-order chi connectivity index (χ1) is 16.0. The number of hydrogen-bond donors (Lipinski definition) is 1.